The molecule has 14 heavy (non-hydrogen) atoms. The van der Waals surface area contributed by atoms with E-state index in [1.165, 1.54) is 11.6 Å². The molecular formula is C11H11NOS. The fourth-order valence-corrected chi connectivity index (χ4v) is 1.72. The number of carbonyl (C=O) groups excluding carboxylic acids is 1. The van der Waals surface area contributed by atoms with Crippen molar-refractivity contribution in [3.8, 4) is 12.3 Å². The molecular weight excluding hydrogens is 194 g/mol. The molecule has 0 aliphatic carbocycles. The summed E-state index contributed by atoms with van der Waals surface area (Å²) < 4.78 is 0. The normalized spacial score (nSPS) is 10.0. The standard InChI is InChI=1S/C11H11NOS/c1-3-7-12-11(13)5-4-10-9(2)6-8-14-10/h1,4-6,8H,7H2,2H3,(H,12,13)/b5-4+. The third kappa shape index (κ3) is 3.08. The van der Waals surface area contributed by atoms with Crippen LogP contribution in [0.3, 0.4) is 0 Å². The average Bonchev–Trinajstić information content (AvgIpc) is 2.58. The highest BCUT2D eigenvalue weighted by Crippen LogP contribution is 2.16. The van der Waals surface area contributed by atoms with Gasteiger partial charge in [0.2, 0.25) is 5.91 Å². The van der Waals surface area contributed by atoms with Gasteiger partial charge in [-0.2, -0.15) is 0 Å². The molecule has 2 nitrogen and oxygen atoms in total. The summed E-state index contributed by atoms with van der Waals surface area (Å²) in [5.41, 5.74) is 1.18. The van der Waals surface area contributed by atoms with Crippen LogP contribution >= 0.6 is 11.3 Å². The lowest BCUT2D eigenvalue weighted by Crippen LogP contribution is -2.20. The molecule has 0 aliphatic heterocycles. The number of hydrogen-bond acceptors (Lipinski definition) is 2. The summed E-state index contributed by atoms with van der Waals surface area (Å²) >= 11 is 1.61. The van der Waals surface area contributed by atoms with Gasteiger partial charge in [-0.05, 0) is 30.0 Å². The van der Waals surface area contributed by atoms with Gasteiger partial charge in [0.05, 0.1) is 6.54 Å². The Morgan fingerprint density at radius 2 is 2.57 bits per heavy atom. The van der Waals surface area contributed by atoms with Gasteiger partial charge in [0.1, 0.15) is 0 Å². The molecule has 1 N–H and O–H groups in total. The zero-order valence-electron chi connectivity index (χ0n) is 7.91. The van der Waals surface area contributed by atoms with Gasteiger partial charge in [-0.1, -0.05) is 5.92 Å². The summed E-state index contributed by atoms with van der Waals surface area (Å²) in [5.74, 6) is 2.18. The first-order chi connectivity index (χ1) is 6.74. The molecule has 0 saturated heterocycles. The third-order valence-corrected chi connectivity index (χ3v) is 2.64. The Balaban J connectivity index is 2.53. The predicted octanol–water partition coefficient (Wildman–Crippen LogP) is 1.82. The number of nitrogens with one attached hydrogen (secondary N) is 1. The van der Waals surface area contributed by atoms with Crippen molar-refractivity contribution in [1.29, 1.82) is 0 Å². The molecule has 0 bridgehead atoms. The average molecular weight is 205 g/mol. The van der Waals surface area contributed by atoms with E-state index in [0.29, 0.717) is 0 Å². The van der Waals surface area contributed by atoms with Crippen LogP contribution in [0.1, 0.15) is 10.4 Å². The quantitative estimate of drug-likeness (QED) is 0.592. The van der Waals surface area contributed by atoms with E-state index in [0.717, 1.165) is 4.88 Å². The fourth-order valence-electron chi connectivity index (χ4n) is 0.904. The maximum atomic E-state index is 11.1. The zero-order chi connectivity index (χ0) is 10.4. The third-order valence-electron chi connectivity index (χ3n) is 1.65. The van der Waals surface area contributed by atoms with Crippen molar-refractivity contribution in [3.63, 3.8) is 0 Å². The van der Waals surface area contributed by atoms with E-state index >= 15 is 0 Å². The lowest BCUT2D eigenvalue weighted by molar-refractivity contribution is -0.116. The molecule has 0 atom stereocenters. The largest absolute Gasteiger partial charge is 0.342 e. The topological polar surface area (TPSA) is 29.1 Å². The van der Waals surface area contributed by atoms with Crippen LogP contribution in [0, 0.1) is 19.3 Å². The first-order valence-electron chi connectivity index (χ1n) is 4.17. The number of hydrogen-bond donors (Lipinski definition) is 1. The summed E-state index contributed by atoms with van der Waals surface area (Å²) in [6, 6.07) is 2.02. The Morgan fingerprint density at radius 1 is 1.79 bits per heavy atom. The Hall–Kier alpha value is -1.53. The number of carbonyl (C=O) groups is 1. The van der Waals surface area contributed by atoms with Gasteiger partial charge in [0.15, 0.2) is 0 Å². The first-order valence-corrected chi connectivity index (χ1v) is 5.05. The molecule has 1 rings (SSSR count). The van der Waals surface area contributed by atoms with Crippen LogP contribution in [0.4, 0.5) is 0 Å². The molecule has 0 radical (unpaired) electrons. The van der Waals surface area contributed by atoms with Crippen LogP contribution in [0.15, 0.2) is 17.5 Å². The van der Waals surface area contributed by atoms with Crippen molar-refractivity contribution in [2.24, 2.45) is 0 Å². The van der Waals surface area contributed by atoms with E-state index < -0.39 is 0 Å². The monoisotopic (exact) mass is 205 g/mol. The molecule has 1 heterocycles. The number of thiophene rings is 1. The summed E-state index contributed by atoms with van der Waals surface area (Å²) in [6.07, 6.45) is 8.30. The van der Waals surface area contributed by atoms with Crippen LogP contribution < -0.4 is 5.32 Å². The second kappa shape index (κ2) is 5.25. The van der Waals surface area contributed by atoms with E-state index in [9.17, 15) is 4.79 Å². The highest BCUT2D eigenvalue weighted by atomic mass is 32.1. The van der Waals surface area contributed by atoms with Gasteiger partial charge >= 0.3 is 0 Å². The van der Waals surface area contributed by atoms with E-state index in [1.807, 2.05) is 18.4 Å². The Labute approximate surface area is 87.6 Å². The van der Waals surface area contributed by atoms with Crippen molar-refractivity contribution in [3.05, 3.63) is 28.0 Å². The highest BCUT2D eigenvalue weighted by molar-refractivity contribution is 7.11. The minimum absolute atomic E-state index is 0.157. The summed E-state index contributed by atoms with van der Waals surface area (Å²) in [7, 11) is 0. The van der Waals surface area contributed by atoms with Gasteiger partial charge in [0, 0.05) is 11.0 Å². The summed E-state index contributed by atoms with van der Waals surface area (Å²) in [5, 5.41) is 4.55. The number of terminal acetylenes is 1. The van der Waals surface area contributed by atoms with Crippen LogP contribution in [-0.2, 0) is 4.79 Å². The van der Waals surface area contributed by atoms with Gasteiger partial charge < -0.3 is 5.32 Å². The van der Waals surface area contributed by atoms with E-state index in [1.54, 1.807) is 17.4 Å². The van der Waals surface area contributed by atoms with Crippen molar-refractivity contribution in [2.45, 2.75) is 6.92 Å². The van der Waals surface area contributed by atoms with Crippen LogP contribution in [0.25, 0.3) is 6.08 Å². The van der Waals surface area contributed by atoms with Gasteiger partial charge in [0.25, 0.3) is 0 Å². The van der Waals surface area contributed by atoms with Crippen molar-refractivity contribution < 1.29 is 4.79 Å². The molecule has 72 valence electrons. The molecule has 0 aliphatic rings. The maximum Gasteiger partial charge on any atom is 0.244 e. The molecule has 0 unspecified atom stereocenters. The highest BCUT2D eigenvalue weighted by Gasteiger charge is 1.96. The lowest BCUT2D eigenvalue weighted by atomic mass is 10.3. The molecule has 0 spiro atoms. The number of aryl methyl sites for hydroxylation is 1. The first kappa shape index (κ1) is 10.6. The van der Waals surface area contributed by atoms with Gasteiger partial charge in [-0.3, -0.25) is 4.79 Å². The van der Waals surface area contributed by atoms with Gasteiger partial charge in [-0.15, -0.1) is 17.8 Å². The Bertz CT molecular complexity index is 384. The SMILES string of the molecule is C#CCNC(=O)/C=C/c1sccc1C. The van der Waals surface area contributed by atoms with Crippen molar-refractivity contribution >= 4 is 23.3 Å². The van der Waals surface area contributed by atoms with Crippen LogP contribution in [0.5, 0.6) is 0 Å². The molecule has 0 fully saturated rings. The van der Waals surface area contributed by atoms with E-state index in [-0.39, 0.29) is 12.5 Å². The molecule has 1 aromatic heterocycles. The van der Waals surface area contributed by atoms with Gasteiger partial charge in [-0.25, -0.2) is 0 Å². The fraction of sp³-hybridized carbons (Fsp3) is 0.182. The number of amides is 1. The van der Waals surface area contributed by atoms with Crippen molar-refractivity contribution in [1.82, 2.24) is 5.32 Å². The zero-order valence-corrected chi connectivity index (χ0v) is 8.73. The molecule has 0 saturated carbocycles. The van der Waals surface area contributed by atoms with Crippen molar-refractivity contribution in [2.75, 3.05) is 6.54 Å². The lowest BCUT2D eigenvalue weighted by Gasteiger charge is -1.93. The molecule has 3 heteroatoms. The molecule has 1 amide bonds. The number of rotatable bonds is 3. The molecule has 1 aromatic rings. The van der Waals surface area contributed by atoms with Crippen LogP contribution in [0.2, 0.25) is 0 Å². The van der Waals surface area contributed by atoms with E-state index in [2.05, 4.69) is 11.2 Å². The van der Waals surface area contributed by atoms with E-state index in [4.69, 9.17) is 6.42 Å². The maximum absolute atomic E-state index is 11.1. The molecule has 0 aromatic carbocycles. The summed E-state index contributed by atoms with van der Waals surface area (Å²) in [6.45, 7) is 2.28. The van der Waals surface area contributed by atoms with Crippen LogP contribution in [-0.4, -0.2) is 12.5 Å². The Kier molecular flexibility index (Phi) is 3.96. The minimum Gasteiger partial charge on any atom is -0.342 e. The Morgan fingerprint density at radius 3 is 3.14 bits per heavy atom. The predicted molar refractivity (Wildman–Crippen MR) is 59.9 cm³/mol. The second-order valence-electron chi connectivity index (χ2n) is 2.72. The second-order valence-corrected chi connectivity index (χ2v) is 3.67. The summed E-state index contributed by atoms with van der Waals surface area (Å²) in [4.78, 5) is 12.2. The smallest absolute Gasteiger partial charge is 0.244 e. The minimum atomic E-state index is -0.157.